The molecule has 106 valence electrons. The molecule has 0 aliphatic heterocycles. The molecule has 0 bridgehead atoms. The predicted molar refractivity (Wildman–Crippen MR) is 80.4 cm³/mol. The second kappa shape index (κ2) is 7.06. The minimum Gasteiger partial charge on any atom is -0.374 e. The first-order chi connectivity index (χ1) is 9.30. The van der Waals surface area contributed by atoms with Gasteiger partial charge in [0.15, 0.2) is 0 Å². The van der Waals surface area contributed by atoms with Crippen LogP contribution in [0.25, 0.3) is 0 Å². The van der Waals surface area contributed by atoms with Crippen LogP contribution in [0, 0.1) is 0 Å². The number of ether oxygens (including phenoxy) is 1. The molecule has 1 aliphatic carbocycles. The van der Waals surface area contributed by atoms with Crippen molar-refractivity contribution in [3.05, 3.63) is 35.9 Å². The van der Waals surface area contributed by atoms with E-state index in [1.807, 2.05) is 0 Å². The van der Waals surface area contributed by atoms with Crippen LogP contribution in [0.3, 0.4) is 0 Å². The van der Waals surface area contributed by atoms with Gasteiger partial charge >= 0.3 is 0 Å². The molecule has 1 aromatic rings. The van der Waals surface area contributed by atoms with Crippen LogP contribution in [0.15, 0.2) is 30.3 Å². The topological polar surface area (TPSA) is 21.3 Å². The summed E-state index contributed by atoms with van der Waals surface area (Å²) in [5.74, 6) is 0. The Kier molecular flexibility index (Phi) is 5.41. The molecule has 1 fully saturated rings. The Balaban J connectivity index is 2.13. The first-order valence-corrected chi connectivity index (χ1v) is 7.72. The molecule has 1 atom stereocenters. The van der Waals surface area contributed by atoms with E-state index < -0.39 is 0 Å². The molecule has 2 heteroatoms. The fourth-order valence-corrected chi connectivity index (χ4v) is 3.39. The molecule has 2 nitrogen and oxygen atoms in total. The summed E-state index contributed by atoms with van der Waals surface area (Å²) in [5.41, 5.74) is 1.46. The first kappa shape index (κ1) is 14.5. The minimum atomic E-state index is 0.0562. The maximum absolute atomic E-state index is 6.21. The Bertz CT molecular complexity index is 357. The Labute approximate surface area is 117 Å². The number of benzene rings is 1. The second-order valence-corrected chi connectivity index (χ2v) is 5.50. The van der Waals surface area contributed by atoms with E-state index in [2.05, 4.69) is 49.5 Å². The van der Waals surface area contributed by atoms with Gasteiger partial charge in [-0.25, -0.2) is 0 Å². The second-order valence-electron chi connectivity index (χ2n) is 5.50. The fourth-order valence-electron chi connectivity index (χ4n) is 3.39. The average molecular weight is 261 g/mol. The maximum Gasteiger partial charge on any atom is 0.0837 e. The Morgan fingerprint density at radius 3 is 2.42 bits per heavy atom. The zero-order valence-electron chi connectivity index (χ0n) is 12.3. The van der Waals surface area contributed by atoms with Crippen molar-refractivity contribution in [3.8, 4) is 0 Å². The van der Waals surface area contributed by atoms with E-state index in [0.717, 1.165) is 19.6 Å². The van der Waals surface area contributed by atoms with Crippen molar-refractivity contribution >= 4 is 0 Å². The molecule has 0 heterocycles. The summed E-state index contributed by atoms with van der Waals surface area (Å²) >= 11 is 0. The number of hydrogen-bond donors (Lipinski definition) is 1. The number of rotatable bonds is 7. The highest BCUT2D eigenvalue weighted by molar-refractivity contribution is 5.17. The molecule has 0 amide bonds. The lowest BCUT2D eigenvalue weighted by atomic mass is 9.87. The van der Waals surface area contributed by atoms with Gasteiger partial charge in [0.1, 0.15) is 0 Å². The highest BCUT2D eigenvalue weighted by Gasteiger charge is 2.41. The van der Waals surface area contributed by atoms with Gasteiger partial charge in [-0.3, -0.25) is 0 Å². The SMILES string of the molecule is CCNC(Cc1ccccc1)C1(OCC)CCCC1. The Morgan fingerprint density at radius 1 is 1.16 bits per heavy atom. The van der Waals surface area contributed by atoms with Crippen molar-refractivity contribution in [2.75, 3.05) is 13.2 Å². The molecular formula is C17H27NO. The van der Waals surface area contributed by atoms with Crippen LogP contribution in [0.4, 0.5) is 0 Å². The van der Waals surface area contributed by atoms with Crippen molar-refractivity contribution in [2.24, 2.45) is 0 Å². The third-order valence-electron chi connectivity index (χ3n) is 4.25. The molecule has 1 N–H and O–H groups in total. The number of hydrogen-bond acceptors (Lipinski definition) is 2. The fraction of sp³-hybridized carbons (Fsp3) is 0.647. The molecular weight excluding hydrogens is 234 g/mol. The van der Waals surface area contributed by atoms with Crippen LogP contribution in [-0.4, -0.2) is 24.8 Å². The normalized spacial score (nSPS) is 19.5. The number of likely N-dealkylation sites (N-methyl/N-ethyl adjacent to an activating group) is 1. The largest absolute Gasteiger partial charge is 0.374 e. The van der Waals surface area contributed by atoms with Crippen LogP contribution >= 0.6 is 0 Å². The van der Waals surface area contributed by atoms with Crippen LogP contribution in [0.1, 0.15) is 45.1 Å². The molecule has 19 heavy (non-hydrogen) atoms. The van der Waals surface area contributed by atoms with Crippen LogP contribution in [0.5, 0.6) is 0 Å². The zero-order valence-corrected chi connectivity index (χ0v) is 12.3. The van der Waals surface area contributed by atoms with Crippen LogP contribution < -0.4 is 5.32 Å². The summed E-state index contributed by atoms with van der Waals surface area (Å²) in [4.78, 5) is 0. The van der Waals surface area contributed by atoms with Crippen molar-refractivity contribution in [1.82, 2.24) is 5.32 Å². The minimum absolute atomic E-state index is 0.0562. The Hall–Kier alpha value is -0.860. The maximum atomic E-state index is 6.21. The molecule has 1 aromatic carbocycles. The molecule has 1 aliphatic rings. The first-order valence-electron chi connectivity index (χ1n) is 7.72. The van der Waals surface area contributed by atoms with Gasteiger partial charge in [-0.15, -0.1) is 0 Å². The van der Waals surface area contributed by atoms with E-state index >= 15 is 0 Å². The summed E-state index contributed by atoms with van der Waals surface area (Å²) in [6, 6.07) is 11.2. The highest BCUT2D eigenvalue weighted by Crippen LogP contribution is 2.37. The van der Waals surface area contributed by atoms with E-state index in [1.165, 1.54) is 31.2 Å². The van der Waals surface area contributed by atoms with E-state index in [9.17, 15) is 0 Å². The van der Waals surface area contributed by atoms with Crippen molar-refractivity contribution in [1.29, 1.82) is 0 Å². The van der Waals surface area contributed by atoms with E-state index in [1.54, 1.807) is 0 Å². The lowest BCUT2D eigenvalue weighted by Gasteiger charge is -2.38. The van der Waals surface area contributed by atoms with E-state index in [4.69, 9.17) is 4.74 Å². The third kappa shape index (κ3) is 3.58. The smallest absolute Gasteiger partial charge is 0.0837 e. The van der Waals surface area contributed by atoms with Crippen LogP contribution in [-0.2, 0) is 11.2 Å². The van der Waals surface area contributed by atoms with Gasteiger partial charge in [-0.1, -0.05) is 50.1 Å². The molecule has 2 rings (SSSR count). The average Bonchev–Trinajstić information content (AvgIpc) is 2.90. The molecule has 0 radical (unpaired) electrons. The third-order valence-corrected chi connectivity index (χ3v) is 4.25. The Morgan fingerprint density at radius 2 is 1.84 bits per heavy atom. The van der Waals surface area contributed by atoms with Crippen molar-refractivity contribution < 1.29 is 4.74 Å². The van der Waals surface area contributed by atoms with E-state index in [-0.39, 0.29) is 5.60 Å². The standard InChI is InChI=1S/C17H27NO/c1-3-18-16(14-15-10-6-5-7-11-15)17(19-4-2)12-8-9-13-17/h5-7,10-11,16,18H,3-4,8-9,12-14H2,1-2H3. The van der Waals surface area contributed by atoms with E-state index in [0.29, 0.717) is 6.04 Å². The summed E-state index contributed by atoms with van der Waals surface area (Å²) in [5, 5.41) is 3.67. The molecule has 0 saturated heterocycles. The van der Waals surface area contributed by atoms with Gasteiger partial charge in [-0.2, -0.15) is 0 Å². The van der Waals surface area contributed by atoms with Gasteiger partial charge in [0, 0.05) is 12.6 Å². The lowest BCUT2D eigenvalue weighted by Crippen LogP contribution is -2.52. The highest BCUT2D eigenvalue weighted by atomic mass is 16.5. The summed E-state index contributed by atoms with van der Waals surface area (Å²) in [6.07, 6.45) is 6.07. The molecule has 0 aromatic heterocycles. The summed E-state index contributed by atoms with van der Waals surface area (Å²) in [6.45, 7) is 6.13. The summed E-state index contributed by atoms with van der Waals surface area (Å²) in [7, 11) is 0. The van der Waals surface area contributed by atoms with Gasteiger partial charge in [0.05, 0.1) is 5.60 Å². The summed E-state index contributed by atoms with van der Waals surface area (Å²) < 4.78 is 6.21. The van der Waals surface area contributed by atoms with Gasteiger partial charge < -0.3 is 10.1 Å². The van der Waals surface area contributed by atoms with Crippen molar-refractivity contribution in [3.63, 3.8) is 0 Å². The molecule has 1 unspecified atom stereocenters. The predicted octanol–water partition coefficient (Wildman–Crippen LogP) is 3.56. The van der Waals surface area contributed by atoms with Crippen molar-refractivity contribution in [2.45, 2.75) is 57.6 Å². The van der Waals surface area contributed by atoms with Crippen LogP contribution in [0.2, 0.25) is 0 Å². The lowest BCUT2D eigenvalue weighted by molar-refractivity contribution is -0.0609. The quantitative estimate of drug-likeness (QED) is 0.810. The zero-order chi connectivity index (χ0) is 13.6. The molecule has 1 saturated carbocycles. The monoisotopic (exact) mass is 261 g/mol. The van der Waals surface area contributed by atoms with Gasteiger partial charge in [0.2, 0.25) is 0 Å². The van der Waals surface area contributed by atoms with Gasteiger partial charge in [-0.05, 0) is 38.3 Å². The van der Waals surface area contributed by atoms with Gasteiger partial charge in [0.25, 0.3) is 0 Å². The number of nitrogens with one attached hydrogen (secondary N) is 1. The molecule has 0 spiro atoms.